The minimum Gasteiger partial charge on any atom is -0.337 e. The summed E-state index contributed by atoms with van der Waals surface area (Å²) in [5.74, 6) is -0.567. The van der Waals surface area contributed by atoms with Gasteiger partial charge in [-0.05, 0) is 17.7 Å². The summed E-state index contributed by atoms with van der Waals surface area (Å²) in [6, 6.07) is 6.73. The Morgan fingerprint density at radius 2 is 2.13 bits per heavy atom. The zero-order valence-electron chi connectivity index (χ0n) is 8.33. The molecule has 0 saturated carbocycles. The monoisotopic (exact) mass is 206 g/mol. The molecule has 1 unspecified atom stereocenters. The molecule has 0 heterocycles. The highest BCUT2D eigenvalue weighted by atomic mass is 19.1. The molecule has 0 bridgehead atoms. The third-order valence-corrected chi connectivity index (χ3v) is 1.96. The van der Waals surface area contributed by atoms with Crippen molar-refractivity contribution >= 4 is 5.91 Å². The first-order valence-electron chi connectivity index (χ1n) is 4.61. The molecule has 1 rings (SSSR count). The molecule has 1 atom stereocenters. The van der Waals surface area contributed by atoms with Gasteiger partial charge in [0.05, 0.1) is 6.07 Å². The number of hydrogen-bond acceptors (Lipinski definition) is 2. The lowest BCUT2D eigenvalue weighted by molar-refractivity contribution is -0.121. The van der Waals surface area contributed by atoms with Crippen molar-refractivity contribution in [3.8, 4) is 6.07 Å². The van der Waals surface area contributed by atoms with Gasteiger partial charge in [0.1, 0.15) is 11.9 Å². The maximum Gasteiger partial charge on any atom is 0.221 e. The van der Waals surface area contributed by atoms with E-state index < -0.39 is 6.04 Å². The average molecular weight is 206 g/mol. The normalized spacial score (nSPS) is 11.5. The standard InChI is InChI=1S/C11H11FN2O/c1-2-11(15)14-10(7-13)8-3-5-9(12)6-4-8/h3-6,10H,2H2,1H3,(H,14,15). The smallest absolute Gasteiger partial charge is 0.221 e. The summed E-state index contributed by atoms with van der Waals surface area (Å²) in [5, 5.41) is 11.4. The molecule has 0 aliphatic rings. The van der Waals surface area contributed by atoms with E-state index in [9.17, 15) is 9.18 Å². The lowest BCUT2D eigenvalue weighted by Crippen LogP contribution is -2.26. The summed E-state index contributed by atoms with van der Waals surface area (Å²) in [7, 11) is 0. The van der Waals surface area contributed by atoms with E-state index in [1.807, 2.05) is 6.07 Å². The zero-order chi connectivity index (χ0) is 11.3. The van der Waals surface area contributed by atoms with E-state index in [2.05, 4.69) is 5.32 Å². The fraction of sp³-hybridized carbons (Fsp3) is 0.273. The van der Waals surface area contributed by atoms with Crippen molar-refractivity contribution in [2.24, 2.45) is 0 Å². The van der Waals surface area contributed by atoms with Crippen molar-refractivity contribution < 1.29 is 9.18 Å². The molecule has 0 aliphatic carbocycles. The lowest BCUT2D eigenvalue weighted by Gasteiger charge is -2.10. The SMILES string of the molecule is CCC(=O)NC(C#N)c1ccc(F)cc1. The molecule has 1 amide bonds. The molecule has 15 heavy (non-hydrogen) atoms. The van der Waals surface area contributed by atoms with Gasteiger partial charge in [0.2, 0.25) is 5.91 Å². The topological polar surface area (TPSA) is 52.9 Å². The van der Waals surface area contributed by atoms with Gasteiger partial charge in [-0.1, -0.05) is 19.1 Å². The molecule has 0 radical (unpaired) electrons. The fourth-order valence-corrected chi connectivity index (χ4v) is 1.11. The third-order valence-electron chi connectivity index (χ3n) is 1.96. The number of nitrogens with zero attached hydrogens (tertiary/aromatic N) is 1. The molecule has 78 valence electrons. The molecule has 3 nitrogen and oxygen atoms in total. The Hall–Kier alpha value is -1.89. The third kappa shape index (κ3) is 3.06. The molecule has 0 aromatic heterocycles. The van der Waals surface area contributed by atoms with E-state index in [1.54, 1.807) is 6.92 Å². The number of carbonyl (C=O) groups is 1. The van der Waals surface area contributed by atoms with E-state index in [0.29, 0.717) is 12.0 Å². The predicted molar refractivity (Wildman–Crippen MR) is 53.2 cm³/mol. The second-order valence-electron chi connectivity index (χ2n) is 3.03. The molecule has 4 heteroatoms. The number of carbonyl (C=O) groups excluding carboxylic acids is 1. The Morgan fingerprint density at radius 1 is 1.53 bits per heavy atom. The van der Waals surface area contributed by atoms with Gasteiger partial charge >= 0.3 is 0 Å². The first-order chi connectivity index (χ1) is 7.17. The molecular weight excluding hydrogens is 195 g/mol. The molecule has 0 spiro atoms. The fourth-order valence-electron chi connectivity index (χ4n) is 1.11. The summed E-state index contributed by atoms with van der Waals surface area (Å²) in [6.45, 7) is 1.70. The number of nitrogens with one attached hydrogen (secondary N) is 1. The molecule has 1 aromatic carbocycles. The van der Waals surface area contributed by atoms with Crippen LogP contribution in [0.3, 0.4) is 0 Å². The Balaban J connectivity index is 2.80. The molecule has 0 saturated heterocycles. The summed E-state index contributed by atoms with van der Waals surface area (Å²) >= 11 is 0. The van der Waals surface area contributed by atoms with Crippen LogP contribution in [0.1, 0.15) is 24.9 Å². The van der Waals surface area contributed by atoms with E-state index in [0.717, 1.165) is 0 Å². The maximum absolute atomic E-state index is 12.6. The van der Waals surface area contributed by atoms with Gasteiger partial charge in [0.15, 0.2) is 0 Å². The molecule has 0 fully saturated rings. The van der Waals surface area contributed by atoms with Gasteiger partial charge in [-0.3, -0.25) is 4.79 Å². The van der Waals surface area contributed by atoms with Crippen molar-refractivity contribution in [3.63, 3.8) is 0 Å². The van der Waals surface area contributed by atoms with Crippen molar-refractivity contribution in [2.75, 3.05) is 0 Å². The number of halogens is 1. The first-order valence-corrected chi connectivity index (χ1v) is 4.61. The van der Waals surface area contributed by atoms with Crippen molar-refractivity contribution in [1.29, 1.82) is 5.26 Å². The number of nitriles is 1. The highest BCUT2D eigenvalue weighted by molar-refractivity contribution is 5.76. The lowest BCUT2D eigenvalue weighted by atomic mass is 10.1. The molecule has 0 aliphatic heterocycles. The van der Waals surface area contributed by atoms with Gasteiger partial charge in [0, 0.05) is 6.42 Å². The van der Waals surface area contributed by atoms with E-state index in [4.69, 9.17) is 5.26 Å². The summed E-state index contributed by atoms with van der Waals surface area (Å²) in [5.41, 5.74) is 0.584. The second-order valence-corrected chi connectivity index (χ2v) is 3.03. The Bertz CT molecular complexity index is 381. The van der Waals surface area contributed by atoms with Gasteiger partial charge < -0.3 is 5.32 Å². The molecule has 1 N–H and O–H groups in total. The van der Waals surface area contributed by atoms with Crippen LogP contribution in [0.4, 0.5) is 4.39 Å². The summed E-state index contributed by atoms with van der Waals surface area (Å²) in [6.07, 6.45) is 0.319. The number of rotatable bonds is 3. The van der Waals surface area contributed by atoms with Gasteiger partial charge in [0.25, 0.3) is 0 Å². The van der Waals surface area contributed by atoms with E-state index in [-0.39, 0.29) is 11.7 Å². The Morgan fingerprint density at radius 3 is 2.60 bits per heavy atom. The van der Waals surface area contributed by atoms with Crippen LogP contribution < -0.4 is 5.32 Å². The van der Waals surface area contributed by atoms with Crippen LogP contribution in [0.5, 0.6) is 0 Å². The van der Waals surface area contributed by atoms with E-state index >= 15 is 0 Å². The van der Waals surface area contributed by atoms with Crippen LogP contribution in [0, 0.1) is 17.1 Å². The number of amides is 1. The number of benzene rings is 1. The Labute approximate surface area is 87.5 Å². The minimum absolute atomic E-state index is 0.203. The average Bonchev–Trinajstić information content (AvgIpc) is 2.27. The van der Waals surface area contributed by atoms with Crippen LogP contribution in [-0.2, 0) is 4.79 Å². The van der Waals surface area contributed by atoms with Crippen LogP contribution >= 0.6 is 0 Å². The predicted octanol–water partition coefficient (Wildman–Crippen LogP) is 1.92. The summed E-state index contributed by atoms with van der Waals surface area (Å²) in [4.78, 5) is 11.1. The zero-order valence-corrected chi connectivity index (χ0v) is 8.33. The van der Waals surface area contributed by atoms with Crippen LogP contribution in [0.15, 0.2) is 24.3 Å². The summed E-state index contributed by atoms with van der Waals surface area (Å²) < 4.78 is 12.6. The first kappa shape index (κ1) is 11.2. The van der Waals surface area contributed by atoms with Crippen LogP contribution in [0.2, 0.25) is 0 Å². The minimum atomic E-state index is -0.710. The number of hydrogen-bond donors (Lipinski definition) is 1. The van der Waals surface area contributed by atoms with Gasteiger partial charge in [-0.15, -0.1) is 0 Å². The van der Waals surface area contributed by atoms with Crippen LogP contribution in [0.25, 0.3) is 0 Å². The van der Waals surface area contributed by atoms with Gasteiger partial charge in [-0.25, -0.2) is 4.39 Å². The van der Waals surface area contributed by atoms with Crippen molar-refractivity contribution in [2.45, 2.75) is 19.4 Å². The van der Waals surface area contributed by atoms with Crippen LogP contribution in [-0.4, -0.2) is 5.91 Å². The van der Waals surface area contributed by atoms with E-state index in [1.165, 1.54) is 24.3 Å². The highest BCUT2D eigenvalue weighted by Gasteiger charge is 2.12. The maximum atomic E-state index is 12.6. The second kappa shape index (κ2) is 5.11. The largest absolute Gasteiger partial charge is 0.337 e. The Kier molecular flexibility index (Phi) is 3.81. The molecule has 1 aromatic rings. The van der Waals surface area contributed by atoms with Crippen molar-refractivity contribution in [3.05, 3.63) is 35.6 Å². The van der Waals surface area contributed by atoms with Crippen molar-refractivity contribution in [1.82, 2.24) is 5.32 Å². The quantitative estimate of drug-likeness (QED) is 0.821. The van der Waals surface area contributed by atoms with Gasteiger partial charge in [-0.2, -0.15) is 5.26 Å². The molecular formula is C11H11FN2O. The highest BCUT2D eigenvalue weighted by Crippen LogP contribution is 2.12.